The predicted molar refractivity (Wildman–Crippen MR) is 110 cm³/mol. The smallest absolute Gasteiger partial charge is 0.474 e. The average Bonchev–Trinajstić information content (AvgIpc) is 3.20. The number of ether oxygens (including phenoxy) is 2. The van der Waals surface area contributed by atoms with Crippen molar-refractivity contribution >= 4 is 5.91 Å². The molecular formula is C21H28F3N5O3. The van der Waals surface area contributed by atoms with Gasteiger partial charge in [0.05, 0.1) is 11.1 Å². The van der Waals surface area contributed by atoms with Crippen LogP contribution in [0.3, 0.4) is 0 Å². The van der Waals surface area contributed by atoms with Gasteiger partial charge in [0.1, 0.15) is 6.61 Å². The van der Waals surface area contributed by atoms with Crippen LogP contribution >= 0.6 is 0 Å². The molecule has 1 aliphatic heterocycles. The number of aromatic nitrogens is 3. The number of halogens is 3. The van der Waals surface area contributed by atoms with E-state index in [-0.39, 0.29) is 30.4 Å². The number of carbonyl (C=O) groups excluding carboxylic acids is 1. The van der Waals surface area contributed by atoms with Gasteiger partial charge in [0.15, 0.2) is 5.75 Å². The maximum atomic E-state index is 13.1. The van der Waals surface area contributed by atoms with Crippen LogP contribution in [-0.4, -0.2) is 64.7 Å². The second-order valence-electron chi connectivity index (χ2n) is 8.78. The summed E-state index contributed by atoms with van der Waals surface area (Å²) in [6, 6.07) is 2.29. The largest absolute Gasteiger partial charge is 0.573 e. The summed E-state index contributed by atoms with van der Waals surface area (Å²) in [4.78, 5) is 19.0. The minimum atomic E-state index is -4.87. The molecule has 0 spiro atoms. The van der Waals surface area contributed by atoms with Crippen molar-refractivity contribution in [3.63, 3.8) is 0 Å². The Morgan fingerprint density at radius 1 is 1.28 bits per heavy atom. The fourth-order valence-corrected chi connectivity index (χ4v) is 3.81. The first kappa shape index (κ1) is 23.8. The number of alkyl halides is 3. The minimum Gasteiger partial charge on any atom is -0.474 e. The van der Waals surface area contributed by atoms with E-state index < -0.39 is 17.5 Å². The molecule has 0 saturated carbocycles. The number of amides is 1. The number of aryl methyl sites for hydroxylation is 2. The van der Waals surface area contributed by atoms with Gasteiger partial charge in [-0.2, -0.15) is 5.10 Å². The van der Waals surface area contributed by atoms with Crippen LogP contribution in [-0.2, 0) is 11.8 Å². The molecular weight excluding hydrogens is 427 g/mol. The molecule has 0 radical (unpaired) electrons. The van der Waals surface area contributed by atoms with Gasteiger partial charge >= 0.3 is 6.36 Å². The summed E-state index contributed by atoms with van der Waals surface area (Å²) in [7, 11) is 3.85. The molecule has 8 nitrogen and oxygen atoms in total. The molecule has 3 heterocycles. The second-order valence-corrected chi connectivity index (χ2v) is 8.78. The Labute approximate surface area is 184 Å². The molecule has 1 amide bonds. The number of hydrogen-bond donors (Lipinski definition) is 1. The number of rotatable bonds is 7. The van der Waals surface area contributed by atoms with Gasteiger partial charge in [0.25, 0.3) is 5.88 Å². The topological polar surface area (TPSA) is 81.5 Å². The lowest BCUT2D eigenvalue weighted by molar-refractivity contribution is -0.275. The molecule has 11 heteroatoms. The van der Waals surface area contributed by atoms with Gasteiger partial charge in [-0.15, -0.1) is 13.2 Å². The summed E-state index contributed by atoms with van der Waals surface area (Å²) in [5.41, 5.74) is 0.975. The van der Waals surface area contributed by atoms with E-state index in [1.807, 2.05) is 27.2 Å². The number of likely N-dealkylation sites (N-methyl/N-ethyl adjacent to an activating group) is 1. The molecule has 3 rings (SSSR count). The van der Waals surface area contributed by atoms with Crippen molar-refractivity contribution in [2.75, 3.05) is 26.7 Å². The Bertz CT molecular complexity index is 960. The number of carbonyl (C=O) groups is 1. The highest BCUT2D eigenvalue weighted by molar-refractivity contribution is 5.82. The van der Waals surface area contributed by atoms with E-state index in [0.717, 1.165) is 23.9 Å². The third-order valence-corrected chi connectivity index (χ3v) is 5.42. The highest BCUT2D eigenvalue weighted by Crippen LogP contribution is 2.32. The molecule has 2 aromatic rings. The summed E-state index contributed by atoms with van der Waals surface area (Å²) in [6.45, 7) is 6.55. The molecule has 2 aromatic heterocycles. The molecule has 2 atom stereocenters. The van der Waals surface area contributed by atoms with E-state index in [0.29, 0.717) is 6.54 Å². The van der Waals surface area contributed by atoms with E-state index in [2.05, 4.69) is 25.0 Å². The number of hydrogen-bond acceptors (Lipinski definition) is 6. The number of nitrogens with zero attached hydrogens (tertiary/aromatic N) is 4. The first-order chi connectivity index (χ1) is 14.9. The van der Waals surface area contributed by atoms with Crippen LogP contribution in [0.4, 0.5) is 13.2 Å². The molecule has 0 bridgehead atoms. The Morgan fingerprint density at radius 3 is 2.62 bits per heavy atom. The van der Waals surface area contributed by atoms with Gasteiger partial charge in [-0.1, -0.05) is 0 Å². The third-order valence-electron chi connectivity index (χ3n) is 5.42. The van der Waals surface area contributed by atoms with Gasteiger partial charge in [0, 0.05) is 44.5 Å². The second kappa shape index (κ2) is 8.97. The molecule has 1 aliphatic rings. The number of likely N-dealkylation sites (tertiary alicyclic amines) is 1. The van der Waals surface area contributed by atoms with Crippen LogP contribution in [0.1, 0.15) is 31.0 Å². The van der Waals surface area contributed by atoms with Crippen LogP contribution in [0.2, 0.25) is 0 Å². The Balaban J connectivity index is 1.67. The van der Waals surface area contributed by atoms with Gasteiger partial charge < -0.3 is 19.7 Å². The van der Waals surface area contributed by atoms with E-state index >= 15 is 0 Å². The van der Waals surface area contributed by atoms with Gasteiger partial charge in [-0.05, 0) is 45.5 Å². The standard InChI is InChI=1S/C21H28F3N5O3/c1-13-14(10-29(5)27-13)15-9-28(4)11-16(15)26-19(30)20(2,3)12-31-18-17(7-6-8-25-18)32-21(22,23)24/h6-8,10,15-16H,9,11-12H2,1-5H3,(H,26,30)/t15-,16+/m1/s1. The fraction of sp³-hybridized carbons (Fsp3) is 0.571. The van der Waals surface area contributed by atoms with E-state index in [1.165, 1.54) is 12.3 Å². The molecule has 0 unspecified atom stereocenters. The lowest BCUT2D eigenvalue weighted by atomic mass is 9.90. The quantitative estimate of drug-likeness (QED) is 0.692. The molecule has 176 valence electrons. The van der Waals surface area contributed by atoms with Crippen LogP contribution in [0.5, 0.6) is 11.6 Å². The molecule has 1 saturated heterocycles. The number of nitrogens with one attached hydrogen (secondary N) is 1. The minimum absolute atomic E-state index is 0.0805. The number of pyridine rings is 1. The Morgan fingerprint density at radius 2 is 2.00 bits per heavy atom. The van der Waals surface area contributed by atoms with E-state index in [9.17, 15) is 18.0 Å². The van der Waals surface area contributed by atoms with Crippen molar-refractivity contribution in [1.29, 1.82) is 0 Å². The normalized spacial score (nSPS) is 19.8. The monoisotopic (exact) mass is 455 g/mol. The van der Waals surface area contributed by atoms with Crippen LogP contribution in [0.25, 0.3) is 0 Å². The van der Waals surface area contributed by atoms with Crippen LogP contribution in [0, 0.1) is 12.3 Å². The lowest BCUT2D eigenvalue weighted by Crippen LogP contribution is -2.48. The molecule has 32 heavy (non-hydrogen) atoms. The predicted octanol–water partition coefficient (Wildman–Crippen LogP) is 2.64. The van der Waals surface area contributed by atoms with Crippen molar-refractivity contribution in [3.05, 3.63) is 35.8 Å². The summed E-state index contributed by atoms with van der Waals surface area (Å²) in [6.07, 6.45) is -1.61. The van der Waals surface area contributed by atoms with Crippen LogP contribution in [0.15, 0.2) is 24.5 Å². The summed E-state index contributed by atoms with van der Waals surface area (Å²) in [5.74, 6) is -1.06. The van der Waals surface area contributed by atoms with Gasteiger partial charge in [0.2, 0.25) is 5.91 Å². The molecule has 1 fully saturated rings. The van der Waals surface area contributed by atoms with Crippen LogP contribution < -0.4 is 14.8 Å². The third kappa shape index (κ3) is 5.70. The van der Waals surface area contributed by atoms with Crippen molar-refractivity contribution in [2.45, 2.75) is 39.1 Å². The lowest BCUT2D eigenvalue weighted by Gasteiger charge is -2.28. The maximum absolute atomic E-state index is 13.1. The fourth-order valence-electron chi connectivity index (χ4n) is 3.81. The first-order valence-electron chi connectivity index (χ1n) is 10.2. The Hall–Kier alpha value is -2.82. The highest BCUT2D eigenvalue weighted by atomic mass is 19.4. The summed E-state index contributed by atoms with van der Waals surface area (Å²) in [5, 5.41) is 7.50. The summed E-state index contributed by atoms with van der Waals surface area (Å²) >= 11 is 0. The zero-order valence-electron chi connectivity index (χ0n) is 18.7. The first-order valence-corrected chi connectivity index (χ1v) is 10.2. The molecule has 1 N–H and O–H groups in total. The summed E-state index contributed by atoms with van der Waals surface area (Å²) < 4.78 is 49.0. The zero-order valence-corrected chi connectivity index (χ0v) is 18.7. The van der Waals surface area contributed by atoms with Crippen molar-refractivity contribution in [3.8, 4) is 11.6 Å². The average molecular weight is 455 g/mol. The van der Waals surface area contributed by atoms with Gasteiger partial charge in [-0.25, -0.2) is 4.98 Å². The van der Waals surface area contributed by atoms with Crippen molar-refractivity contribution in [2.24, 2.45) is 12.5 Å². The zero-order chi connectivity index (χ0) is 23.7. The van der Waals surface area contributed by atoms with Crippen molar-refractivity contribution in [1.82, 2.24) is 25.0 Å². The van der Waals surface area contributed by atoms with E-state index in [1.54, 1.807) is 18.5 Å². The van der Waals surface area contributed by atoms with Gasteiger partial charge in [-0.3, -0.25) is 9.48 Å². The maximum Gasteiger partial charge on any atom is 0.573 e. The van der Waals surface area contributed by atoms with E-state index in [4.69, 9.17) is 4.74 Å². The Kier molecular flexibility index (Phi) is 6.68. The molecule has 0 aromatic carbocycles. The highest BCUT2D eigenvalue weighted by Gasteiger charge is 2.39. The molecule has 0 aliphatic carbocycles. The SMILES string of the molecule is Cc1nn(C)cc1[C@H]1CN(C)C[C@@H]1NC(=O)C(C)(C)COc1ncccc1OC(F)(F)F. The van der Waals surface area contributed by atoms with Crippen molar-refractivity contribution < 1.29 is 27.4 Å².